The maximum atomic E-state index is 12.9. The van der Waals surface area contributed by atoms with Crippen molar-refractivity contribution in [1.29, 1.82) is 0 Å². The number of hydrogen-bond acceptors (Lipinski definition) is 7. The average molecular weight is 435 g/mol. The van der Waals surface area contributed by atoms with Crippen molar-refractivity contribution in [3.05, 3.63) is 66.1 Å². The zero-order chi connectivity index (χ0) is 21.8. The van der Waals surface area contributed by atoms with Gasteiger partial charge in [0, 0.05) is 5.69 Å². The fourth-order valence-electron chi connectivity index (χ4n) is 3.07. The lowest BCUT2D eigenvalue weighted by molar-refractivity contribution is -0.115. The summed E-state index contributed by atoms with van der Waals surface area (Å²) in [6.07, 6.45) is 3.75. The molecular formula is C23H22N4O3S. The third-order valence-electron chi connectivity index (χ3n) is 4.95. The van der Waals surface area contributed by atoms with Crippen LogP contribution in [0.25, 0.3) is 22.9 Å². The second-order valence-electron chi connectivity index (χ2n) is 7.00. The average Bonchev–Trinajstić information content (AvgIpc) is 3.49. The van der Waals surface area contributed by atoms with Crippen LogP contribution in [0, 0.1) is 13.8 Å². The molecule has 0 fully saturated rings. The van der Waals surface area contributed by atoms with Crippen LogP contribution < -0.4 is 5.32 Å². The number of carbonyl (C=O) groups is 1. The highest BCUT2D eigenvalue weighted by molar-refractivity contribution is 8.00. The van der Waals surface area contributed by atoms with E-state index in [9.17, 15) is 4.79 Å². The number of amides is 1. The Morgan fingerprint density at radius 1 is 1.00 bits per heavy atom. The van der Waals surface area contributed by atoms with Crippen LogP contribution in [0.4, 0.5) is 5.69 Å². The summed E-state index contributed by atoms with van der Waals surface area (Å²) in [4.78, 5) is 17.6. The SMILES string of the molecule is CCC(Sc1nnc(-c2ccco2)c(-c2ccco2)n1)C(=O)Nc1cccc(C)c1C. The van der Waals surface area contributed by atoms with Gasteiger partial charge >= 0.3 is 0 Å². The Morgan fingerprint density at radius 3 is 2.35 bits per heavy atom. The molecule has 0 aliphatic rings. The fraction of sp³-hybridized carbons (Fsp3) is 0.217. The number of carbonyl (C=O) groups excluding carboxylic acids is 1. The van der Waals surface area contributed by atoms with Gasteiger partial charge in [0.25, 0.3) is 0 Å². The second kappa shape index (κ2) is 9.18. The van der Waals surface area contributed by atoms with Gasteiger partial charge in [0.2, 0.25) is 11.1 Å². The quantitative estimate of drug-likeness (QED) is 0.383. The lowest BCUT2D eigenvalue weighted by atomic mass is 10.1. The van der Waals surface area contributed by atoms with Crippen molar-refractivity contribution in [2.45, 2.75) is 37.6 Å². The molecule has 0 spiro atoms. The molecule has 158 valence electrons. The summed E-state index contributed by atoms with van der Waals surface area (Å²) in [7, 11) is 0. The van der Waals surface area contributed by atoms with Gasteiger partial charge in [-0.2, -0.15) is 0 Å². The lowest BCUT2D eigenvalue weighted by Gasteiger charge is -2.16. The lowest BCUT2D eigenvalue weighted by Crippen LogP contribution is -2.25. The van der Waals surface area contributed by atoms with Crippen LogP contribution in [0.1, 0.15) is 24.5 Å². The molecule has 0 saturated carbocycles. The Hall–Kier alpha value is -3.39. The van der Waals surface area contributed by atoms with Gasteiger partial charge in [-0.05, 0) is 61.7 Å². The van der Waals surface area contributed by atoms with E-state index in [0.29, 0.717) is 34.5 Å². The smallest absolute Gasteiger partial charge is 0.237 e. The Morgan fingerprint density at radius 2 is 1.71 bits per heavy atom. The van der Waals surface area contributed by atoms with Crippen LogP contribution in [0.2, 0.25) is 0 Å². The predicted octanol–water partition coefficient (Wildman–Crippen LogP) is 5.52. The number of anilines is 1. The van der Waals surface area contributed by atoms with Crippen LogP contribution >= 0.6 is 11.8 Å². The highest BCUT2D eigenvalue weighted by Crippen LogP contribution is 2.32. The van der Waals surface area contributed by atoms with Gasteiger partial charge in [-0.15, -0.1) is 10.2 Å². The molecule has 8 heteroatoms. The molecule has 1 unspecified atom stereocenters. The van der Waals surface area contributed by atoms with E-state index < -0.39 is 0 Å². The van der Waals surface area contributed by atoms with Gasteiger partial charge in [0.05, 0.1) is 17.8 Å². The summed E-state index contributed by atoms with van der Waals surface area (Å²) in [5.74, 6) is 0.998. The minimum Gasteiger partial charge on any atom is -0.463 e. The fourth-order valence-corrected chi connectivity index (χ4v) is 3.89. The van der Waals surface area contributed by atoms with E-state index in [1.54, 1.807) is 36.8 Å². The Balaban J connectivity index is 1.59. The number of thioether (sulfide) groups is 1. The topological polar surface area (TPSA) is 94.1 Å². The monoisotopic (exact) mass is 434 g/mol. The first-order valence-corrected chi connectivity index (χ1v) is 10.8. The third-order valence-corrected chi connectivity index (χ3v) is 6.17. The molecule has 4 rings (SSSR count). The summed E-state index contributed by atoms with van der Waals surface area (Å²) < 4.78 is 11.0. The number of nitrogens with one attached hydrogen (secondary N) is 1. The molecule has 0 aliphatic carbocycles. The molecule has 1 amide bonds. The summed E-state index contributed by atoms with van der Waals surface area (Å²) in [6, 6.07) is 13.0. The van der Waals surface area contributed by atoms with Crippen molar-refractivity contribution in [3.63, 3.8) is 0 Å². The number of rotatable bonds is 7. The zero-order valence-electron chi connectivity index (χ0n) is 17.5. The van der Waals surface area contributed by atoms with E-state index in [4.69, 9.17) is 8.83 Å². The Kier molecular flexibility index (Phi) is 6.18. The van der Waals surface area contributed by atoms with Crippen molar-refractivity contribution in [1.82, 2.24) is 15.2 Å². The zero-order valence-corrected chi connectivity index (χ0v) is 18.3. The number of benzene rings is 1. The molecular weight excluding hydrogens is 412 g/mol. The third kappa shape index (κ3) is 4.54. The van der Waals surface area contributed by atoms with E-state index in [1.807, 2.05) is 39.0 Å². The molecule has 7 nitrogen and oxygen atoms in total. The minimum absolute atomic E-state index is 0.0977. The first kappa shape index (κ1) is 20.9. The van der Waals surface area contributed by atoms with E-state index in [1.165, 1.54) is 11.8 Å². The molecule has 0 aliphatic heterocycles. The summed E-state index contributed by atoms with van der Waals surface area (Å²) in [6.45, 7) is 5.97. The number of furan rings is 2. The van der Waals surface area contributed by atoms with Crippen molar-refractivity contribution in [2.24, 2.45) is 0 Å². The van der Waals surface area contributed by atoms with E-state index in [2.05, 4.69) is 20.5 Å². The molecule has 1 aromatic carbocycles. The molecule has 1 atom stereocenters. The number of nitrogens with zero attached hydrogens (tertiary/aromatic N) is 3. The Labute approximate surface area is 184 Å². The molecule has 0 saturated heterocycles. The maximum Gasteiger partial charge on any atom is 0.237 e. The van der Waals surface area contributed by atoms with Gasteiger partial charge in [-0.25, -0.2) is 4.98 Å². The van der Waals surface area contributed by atoms with Crippen molar-refractivity contribution < 1.29 is 13.6 Å². The first-order chi connectivity index (χ1) is 15.1. The Bertz CT molecular complexity index is 1170. The molecule has 3 heterocycles. The van der Waals surface area contributed by atoms with Crippen molar-refractivity contribution in [3.8, 4) is 22.9 Å². The van der Waals surface area contributed by atoms with Crippen LogP contribution in [0.3, 0.4) is 0 Å². The van der Waals surface area contributed by atoms with Crippen molar-refractivity contribution in [2.75, 3.05) is 5.32 Å². The minimum atomic E-state index is -0.374. The summed E-state index contributed by atoms with van der Waals surface area (Å²) >= 11 is 1.27. The van der Waals surface area contributed by atoms with E-state index in [0.717, 1.165) is 16.8 Å². The molecule has 1 N–H and O–H groups in total. The first-order valence-electron chi connectivity index (χ1n) is 9.93. The number of aromatic nitrogens is 3. The van der Waals surface area contributed by atoms with Gasteiger partial charge in [0.15, 0.2) is 17.2 Å². The van der Waals surface area contributed by atoms with Gasteiger partial charge in [-0.3, -0.25) is 4.79 Å². The van der Waals surface area contributed by atoms with Crippen LogP contribution in [-0.4, -0.2) is 26.3 Å². The highest BCUT2D eigenvalue weighted by Gasteiger charge is 2.23. The van der Waals surface area contributed by atoms with Crippen LogP contribution in [-0.2, 0) is 4.79 Å². The van der Waals surface area contributed by atoms with Gasteiger partial charge in [-0.1, -0.05) is 30.8 Å². The molecule has 0 radical (unpaired) electrons. The number of aryl methyl sites for hydroxylation is 1. The van der Waals surface area contributed by atoms with Crippen molar-refractivity contribution >= 4 is 23.4 Å². The molecule has 4 aromatic rings. The van der Waals surface area contributed by atoms with Gasteiger partial charge < -0.3 is 14.2 Å². The number of hydrogen-bond donors (Lipinski definition) is 1. The summed E-state index contributed by atoms with van der Waals surface area (Å²) in [5.41, 5.74) is 3.99. The second-order valence-corrected chi connectivity index (χ2v) is 8.17. The largest absolute Gasteiger partial charge is 0.463 e. The predicted molar refractivity (Wildman–Crippen MR) is 120 cm³/mol. The van der Waals surface area contributed by atoms with Crippen LogP contribution in [0.5, 0.6) is 0 Å². The highest BCUT2D eigenvalue weighted by atomic mass is 32.2. The summed E-state index contributed by atoms with van der Waals surface area (Å²) in [5, 5.41) is 11.6. The normalized spacial score (nSPS) is 12.0. The standard InChI is InChI=1S/C23H22N4O3S/c1-4-19(22(28)24-16-9-5-8-14(2)15(16)3)31-23-25-20(17-10-6-12-29-17)21(26-27-23)18-11-7-13-30-18/h5-13,19H,4H2,1-3H3,(H,24,28). The molecule has 3 aromatic heterocycles. The van der Waals surface area contributed by atoms with E-state index in [-0.39, 0.29) is 11.2 Å². The van der Waals surface area contributed by atoms with E-state index >= 15 is 0 Å². The van der Waals surface area contributed by atoms with Gasteiger partial charge in [0.1, 0.15) is 5.69 Å². The molecule has 31 heavy (non-hydrogen) atoms. The maximum absolute atomic E-state index is 12.9. The van der Waals surface area contributed by atoms with Crippen LogP contribution in [0.15, 0.2) is 69.0 Å². The molecule has 0 bridgehead atoms.